The topological polar surface area (TPSA) is 91.0 Å². The van der Waals surface area contributed by atoms with Crippen molar-refractivity contribution in [1.82, 2.24) is 10.2 Å². The molecule has 188 valence electrons. The quantitative estimate of drug-likeness (QED) is 0.439. The third kappa shape index (κ3) is 8.04. The predicted molar refractivity (Wildman–Crippen MR) is 138 cm³/mol. The Kier molecular flexibility index (Phi) is 10.5. The van der Waals surface area contributed by atoms with Crippen LogP contribution in [-0.4, -0.2) is 66.8 Å². The van der Waals surface area contributed by atoms with Gasteiger partial charge in [-0.2, -0.15) is 0 Å². The normalized spacial score (nSPS) is 14.9. The summed E-state index contributed by atoms with van der Waals surface area (Å²) in [6.07, 6.45) is 0.686. The zero-order valence-electron chi connectivity index (χ0n) is 19.4. The summed E-state index contributed by atoms with van der Waals surface area (Å²) in [6, 6.07) is 16.0. The maximum absolute atomic E-state index is 12.7. The van der Waals surface area contributed by atoms with E-state index in [0.717, 1.165) is 11.3 Å². The minimum Gasteiger partial charge on any atom is -0.445 e. The molecule has 2 aromatic carbocycles. The number of halogens is 2. The Morgan fingerprint density at radius 3 is 2.34 bits per heavy atom. The Bertz CT molecular complexity index is 969. The molecule has 1 saturated heterocycles. The number of hydrogen-bond donors (Lipinski definition) is 2. The van der Waals surface area contributed by atoms with E-state index in [1.165, 1.54) is 4.90 Å². The second-order valence-corrected chi connectivity index (χ2v) is 8.83. The molecular weight excluding hydrogens is 491 g/mol. The maximum Gasteiger partial charge on any atom is 0.410 e. The molecule has 1 fully saturated rings. The molecule has 35 heavy (non-hydrogen) atoms. The fraction of sp³-hybridized carbons (Fsp3) is 0.400. The van der Waals surface area contributed by atoms with Crippen LogP contribution < -0.4 is 15.5 Å². The second kappa shape index (κ2) is 13.8. The first-order valence-corrected chi connectivity index (χ1v) is 12.6. The molecule has 2 N–H and O–H groups in total. The summed E-state index contributed by atoms with van der Waals surface area (Å²) < 4.78 is 5.36. The van der Waals surface area contributed by atoms with Crippen molar-refractivity contribution < 1.29 is 19.1 Å². The SMILES string of the molecule is O=C(CNC(=O)[C@@H]1CCCN1C(=O)OCc1ccccc1)Nc1ccc(N(CCCl)CCCl)cc1. The van der Waals surface area contributed by atoms with Gasteiger partial charge in [-0.25, -0.2) is 4.79 Å². The Hall–Kier alpha value is -2.97. The van der Waals surface area contributed by atoms with Crippen molar-refractivity contribution >= 4 is 52.5 Å². The molecule has 0 radical (unpaired) electrons. The van der Waals surface area contributed by atoms with E-state index in [-0.39, 0.29) is 25.0 Å². The average Bonchev–Trinajstić information content (AvgIpc) is 3.37. The number of ether oxygens (including phenoxy) is 1. The highest BCUT2D eigenvalue weighted by Gasteiger charge is 2.35. The van der Waals surface area contributed by atoms with Gasteiger partial charge in [0.25, 0.3) is 0 Å². The molecule has 1 atom stereocenters. The third-order valence-corrected chi connectivity index (χ3v) is 5.98. The lowest BCUT2D eigenvalue weighted by atomic mass is 10.2. The van der Waals surface area contributed by atoms with Crippen LogP contribution in [0.2, 0.25) is 0 Å². The van der Waals surface area contributed by atoms with Gasteiger partial charge in [0.2, 0.25) is 11.8 Å². The lowest BCUT2D eigenvalue weighted by molar-refractivity contribution is -0.127. The van der Waals surface area contributed by atoms with E-state index in [9.17, 15) is 14.4 Å². The smallest absolute Gasteiger partial charge is 0.410 e. The standard InChI is InChI=1S/C25H30Cl2N4O4/c26-12-15-30(16-13-27)21-10-8-20(9-11-21)29-23(32)17-28-24(33)22-7-4-14-31(22)25(34)35-18-19-5-2-1-3-6-19/h1-3,5-6,8-11,22H,4,7,12-18H2,(H,28,33)(H,29,32)/t22-/m0/s1. The van der Waals surface area contributed by atoms with Crippen molar-refractivity contribution in [2.24, 2.45) is 0 Å². The van der Waals surface area contributed by atoms with Gasteiger partial charge in [-0.05, 0) is 42.7 Å². The molecule has 3 rings (SSSR count). The van der Waals surface area contributed by atoms with E-state index >= 15 is 0 Å². The second-order valence-electron chi connectivity index (χ2n) is 8.07. The summed E-state index contributed by atoms with van der Waals surface area (Å²) in [4.78, 5) is 41.0. The molecule has 8 nitrogen and oxygen atoms in total. The van der Waals surface area contributed by atoms with E-state index in [4.69, 9.17) is 27.9 Å². The Balaban J connectivity index is 1.45. The molecule has 3 amide bonds. The number of carbonyl (C=O) groups is 3. The number of anilines is 2. The number of carbonyl (C=O) groups excluding carboxylic acids is 3. The molecule has 10 heteroatoms. The van der Waals surface area contributed by atoms with Crippen LogP contribution in [0.4, 0.5) is 16.2 Å². The Morgan fingerprint density at radius 1 is 1.00 bits per heavy atom. The zero-order valence-corrected chi connectivity index (χ0v) is 20.9. The molecule has 0 bridgehead atoms. The van der Waals surface area contributed by atoms with E-state index in [2.05, 4.69) is 15.5 Å². The van der Waals surface area contributed by atoms with Crippen molar-refractivity contribution in [3.05, 3.63) is 60.2 Å². The lowest BCUT2D eigenvalue weighted by Gasteiger charge is -2.23. The largest absolute Gasteiger partial charge is 0.445 e. The van der Waals surface area contributed by atoms with Crippen molar-refractivity contribution in [2.45, 2.75) is 25.5 Å². The van der Waals surface area contributed by atoms with Crippen LogP contribution in [0.1, 0.15) is 18.4 Å². The first kappa shape index (κ1) is 26.6. The maximum atomic E-state index is 12.7. The highest BCUT2D eigenvalue weighted by Crippen LogP contribution is 2.20. The van der Waals surface area contributed by atoms with Crippen LogP contribution >= 0.6 is 23.2 Å². The molecule has 0 spiro atoms. The molecule has 1 heterocycles. The molecule has 0 aliphatic carbocycles. The summed E-state index contributed by atoms with van der Waals surface area (Å²) in [5.41, 5.74) is 2.44. The monoisotopic (exact) mass is 520 g/mol. The lowest BCUT2D eigenvalue weighted by Crippen LogP contribution is -2.47. The number of rotatable bonds is 11. The molecule has 1 aliphatic heterocycles. The van der Waals surface area contributed by atoms with Gasteiger partial charge < -0.3 is 20.3 Å². The van der Waals surface area contributed by atoms with Crippen LogP contribution in [0.3, 0.4) is 0 Å². The van der Waals surface area contributed by atoms with Gasteiger partial charge in [0.15, 0.2) is 0 Å². The number of alkyl halides is 2. The van der Waals surface area contributed by atoms with Crippen molar-refractivity contribution in [1.29, 1.82) is 0 Å². The summed E-state index contributed by atoms with van der Waals surface area (Å²) in [5, 5.41) is 5.39. The van der Waals surface area contributed by atoms with Crippen molar-refractivity contribution in [3.8, 4) is 0 Å². The first-order chi connectivity index (χ1) is 17.0. The van der Waals surface area contributed by atoms with Crippen LogP contribution in [0, 0.1) is 0 Å². The van der Waals surface area contributed by atoms with E-state index in [1.54, 1.807) is 12.1 Å². The zero-order chi connectivity index (χ0) is 25.0. The summed E-state index contributed by atoms with van der Waals surface area (Å²) in [6.45, 7) is 1.72. The van der Waals surface area contributed by atoms with Gasteiger partial charge >= 0.3 is 6.09 Å². The third-order valence-electron chi connectivity index (χ3n) is 5.64. The van der Waals surface area contributed by atoms with Gasteiger partial charge in [-0.3, -0.25) is 14.5 Å². The summed E-state index contributed by atoms with van der Waals surface area (Å²) in [7, 11) is 0. The molecule has 1 aliphatic rings. The number of hydrogen-bond acceptors (Lipinski definition) is 5. The fourth-order valence-corrected chi connectivity index (χ4v) is 4.29. The number of nitrogens with one attached hydrogen (secondary N) is 2. The van der Waals surface area contributed by atoms with Crippen LogP contribution in [-0.2, 0) is 20.9 Å². The highest BCUT2D eigenvalue weighted by atomic mass is 35.5. The predicted octanol–water partition coefficient (Wildman–Crippen LogP) is 3.83. The number of amides is 3. The Labute approximate surface area is 215 Å². The first-order valence-electron chi connectivity index (χ1n) is 11.5. The van der Waals surface area contributed by atoms with Gasteiger partial charge in [0.05, 0.1) is 6.54 Å². The average molecular weight is 521 g/mol. The fourth-order valence-electron chi connectivity index (χ4n) is 3.88. The molecule has 0 aromatic heterocycles. The minimum atomic E-state index is -0.653. The molecule has 0 saturated carbocycles. The van der Waals surface area contributed by atoms with E-state index < -0.39 is 12.1 Å². The van der Waals surface area contributed by atoms with Gasteiger partial charge in [0, 0.05) is 42.8 Å². The number of benzene rings is 2. The van der Waals surface area contributed by atoms with Crippen LogP contribution in [0.25, 0.3) is 0 Å². The number of likely N-dealkylation sites (tertiary alicyclic amines) is 1. The Morgan fingerprint density at radius 2 is 1.69 bits per heavy atom. The molecule has 0 unspecified atom stereocenters. The summed E-state index contributed by atoms with van der Waals surface area (Å²) in [5.74, 6) is 0.236. The minimum absolute atomic E-state index is 0.140. The van der Waals surface area contributed by atoms with E-state index in [0.29, 0.717) is 49.9 Å². The summed E-state index contributed by atoms with van der Waals surface area (Å²) >= 11 is 11.7. The van der Waals surface area contributed by atoms with Crippen LogP contribution in [0.15, 0.2) is 54.6 Å². The van der Waals surface area contributed by atoms with Crippen LogP contribution in [0.5, 0.6) is 0 Å². The molecular formula is C25H30Cl2N4O4. The molecule has 2 aromatic rings. The van der Waals surface area contributed by atoms with Gasteiger partial charge in [-0.1, -0.05) is 30.3 Å². The highest BCUT2D eigenvalue weighted by molar-refractivity contribution is 6.18. The van der Waals surface area contributed by atoms with Crippen molar-refractivity contribution in [3.63, 3.8) is 0 Å². The van der Waals surface area contributed by atoms with Crippen molar-refractivity contribution in [2.75, 3.05) is 48.2 Å². The number of nitrogens with zero attached hydrogens (tertiary/aromatic N) is 2. The van der Waals surface area contributed by atoms with Gasteiger partial charge in [0.1, 0.15) is 12.6 Å². The van der Waals surface area contributed by atoms with Gasteiger partial charge in [-0.15, -0.1) is 23.2 Å². The van der Waals surface area contributed by atoms with E-state index in [1.807, 2.05) is 42.5 Å².